The van der Waals surface area contributed by atoms with Crippen LogP contribution in [-0.2, 0) is 9.53 Å². The van der Waals surface area contributed by atoms with Gasteiger partial charge in [-0.15, -0.1) is 0 Å². The van der Waals surface area contributed by atoms with Crippen molar-refractivity contribution in [3.05, 3.63) is 0 Å². The Morgan fingerprint density at radius 3 is 2.56 bits per heavy atom. The fourth-order valence-electron chi connectivity index (χ4n) is 2.16. The Hall–Kier alpha value is -0.610. The first-order valence-electron chi connectivity index (χ1n) is 6.27. The Labute approximate surface area is 97.6 Å². The third kappa shape index (κ3) is 3.76. The van der Waals surface area contributed by atoms with Crippen molar-refractivity contribution in [3.8, 4) is 0 Å². The molecule has 0 aromatic heterocycles. The van der Waals surface area contributed by atoms with E-state index in [9.17, 15) is 9.90 Å². The molecule has 1 aliphatic heterocycles. The van der Waals surface area contributed by atoms with E-state index in [1.807, 2.05) is 6.92 Å². The summed E-state index contributed by atoms with van der Waals surface area (Å²) in [5.74, 6) is -0.110. The monoisotopic (exact) mass is 229 g/mol. The molecule has 1 N–H and O–H groups in total. The van der Waals surface area contributed by atoms with Gasteiger partial charge in [-0.2, -0.15) is 0 Å². The van der Waals surface area contributed by atoms with Gasteiger partial charge in [0.25, 0.3) is 0 Å². The van der Waals surface area contributed by atoms with Crippen LogP contribution >= 0.6 is 0 Å². The Morgan fingerprint density at radius 1 is 1.44 bits per heavy atom. The standard InChI is InChI=1S/C12H23NO3/c1-3-5-11(12(15)16-4-2)13-8-6-10(14)7-9-13/h10-11,14H,3-9H2,1-2H3/t11-/m1/s1. The summed E-state index contributed by atoms with van der Waals surface area (Å²) in [6.45, 7) is 5.94. The van der Waals surface area contributed by atoms with Crippen molar-refractivity contribution in [3.63, 3.8) is 0 Å². The van der Waals surface area contributed by atoms with Gasteiger partial charge in [0.15, 0.2) is 0 Å². The molecule has 1 heterocycles. The van der Waals surface area contributed by atoms with Gasteiger partial charge in [-0.25, -0.2) is 0 Å². The van der Waals surface area contributed by atoms with Crippen LogP contribution in [0.4, 0.5) is 0 Å². The zero-order chi connectivity index (χ0) is 12.0. The van der Waals surface area contributed by atoms with Gasteiger partial charge in [-0.1, -0.05) is 13.3 Å². The van der Waals surface area contributed by atoms with Gasteiger partial charge >= 0.3 is 5.97 Å². The summed E-state index contributed by atoms with van der Waals surface area (Å²) >= 11 is 0. The molecule has 4 nitrogen and oxygen atoms in total. The topological polar surface area (TPSA) is 49.8 Å². The van der Waals surface area contributed by atoms with Crippen molar-refractivity contribution >= 4 is 5.97 Å². The van der Waals surface area contributed by atoms with Crippen molar-refractivity contribution in [2.75, 3.05) is 19.7 Å². The minimum Gasteiger partial charge on any atom is -0.465 e. The van der Waals surface area contributed by atoms with Gasteiger partial charge in [-0.3, -0.25) is 9.69 Å². The summed E-state index contributed by atoms with van der Waals surface area (Å²) in [6, 6.07) is -0.113. The smallest absolute Gasteiger partial charge is 0.323 e. The van der Waals surface area contributed by atoms with Crippen LogP contribution in [0.3, 0.4) is 0 Å². The first-order chi connectivity index (χ1) is 7.69. The summed E-state index contributed by atoms with van der Waals surface area (Å²) in [6.07, 6.45) is 3.15. The molecule has 0 aromatic rings. The summed E-state index contributed by atoms with van der Waals surface area (Å²) in [5.41, 5.74) is 0. The van der Waals surface area contributed by atoms with Crippen molar-refractivity contribution in [2.24, 2.45) is 0 Å². The lowest BCUT2D eigenvalue weighted by atomic mass is 10.0. The maximum Gasteiger partial charge on any atom is 0.323 e. The maximum atomic E-state index is 11.8. The number of carbonyl (C=O) groups excluding carboxylic acids is 1. The van der Waals surface area contributed by atoms with E-state index in [0.29, 0.717) is 6.61 Å². The Morgan fingerprint density at radius 2 is 2.06 bits per heavy atom. The molecular weight excluding hydrogens is 206 g/mol. The number of likely N-dealkylation sites (tertiary alicyclic amines) is 1. The van der Waals surface area contributed by atoms with E-state index in [-0.39, 0.29) is 18.1 Å². The fraction of sp³-hybridized carbons (Fsp3) is 0.917. The summed E-state index contributed by atoms with van der Waals surface area (Å²) in [5, 5.41) is 9.44. The molecule has 94 valence electrons. The largest absolute Gasteiger partial charge is 0.465 e. The first kappa shape index (κ1) is 13.5. The number of aliphatic hydroxyl groups excluding tert-OH is 1. The van der Waals surface area contributed by atoms with E-state index < -0.39 is 0 Å². The van der Waals surface area contributed by atoms with Crippen molar-refractivity contribution in [1.82, 2.24) is 4.90 Å². The highest BCUT2D eigenvalue weighted by molar-refractivity contribution is 5.75. The molecule has 1 atom stereocenters. The molecular formula is C12H23NO3. The predicted octanol–water partition coefficient (Wildman–Crippen LogP) is 1.17. The molecule has 0 aliphatic carbocycles. The molecule has 4 heteroatoms. The van der Waals surface area contributed by atoms with Crippen LogP contribution in [0.1, 0.15) is 39.5 Å². The van der Waals surface area contributed by atoms with E-state index in [4.69, 9.17) is 4.74 Å². The summed E-state index contributed by atoms with van der Waals surface area (Å²) in [7, 11) is 0. The lowest BCUT2D eigenvalue weighted by molar-refractivity contribution is -0.150. The molecule has 0 saturated carbocycles. The number of carbonyl (C=O) groups is 1. The number of nitrogens with zero attached hydrogens (tertiary/aromatic N) is 1. The Bertz CT molecular complexity index is 212. The van der Waals surface area contributed by atoms with Gasteiger partial charge in [0.2, 0.25) is 0 Å². The summed E-state index contributed by atoms with van der Waals surface area (Å²) in [4.78, 5) is 13.9. The van der Waals surface area contributed by atoms with E-state index in [1.54, 1.807) is 0 Å². The average Bonchev–Trinajstić information content (AvgIpc) is 2.28. The van der Waals surface area contributed by atoms with Crippen molar-refractivity contribution in [2.45, 2.75) is 51.7 Å². The SMILES string of the molecule is CCC[C@H](C(=O)OCC)N1CCC(O)CC1. The molecule has 0 spiro atoms. The molecule has 1 rings (SSSR count). The summed E-state index contributed by atoms with van der Waals surface area (Å²) < 4.78 is 5.09. The second-order valence-electron chi connectivity index (χ2n) is 4.32. The average molecular weight is 229 g/mol. The number of hydrogen-bond acceptors (Lipinski definition) is 4. The van der Waals surface area contributed by atoms with Crippen LogP contribution in [0.2, 0.25) is 0 Å². The minimum atomic E-state index is -0.194. The maximum absolute atomic E-state index is 11.8. The molecule has 0 aromatic carbocycles. The van der Waals surface area contributed by atoms with Crippen molar-refractivity contribution in [1.29, 1.82) is 0 Å². The third-order valence-electron chi connectivity index (χ3n) is 3.06. The molecule has 0 unspecified atom stereocenters. The molecule has 1 aliphatic rings. The molecule has 0 bridgehead atoms. The van der Waals surface area contributed by atoms with Gasteiger partial charge < -0.3 is 9.84 Å². The second kappa shape index (κ2) is 6.86. The van der Waals surface area contributed by atoms with Gasteiger partial charge in [0.1, 0.15) is 6.04 Å². The second-order valence-corrected chi connectivity index (χ2v) is 4.32. The Kier molecular flexibility index (Phi) is 5.77. The molecule has 16 heavy (non-hydrogen) atoms. The molecule has 1 fully saturated rings. The zero-order valence-electron chi connectivity index (χ0n) is 10.3. The third-order valence-corrected chi connectivity index (χ3v) is 3.06. The van der Waals surface area contributed by atoms with Crippen LogP contribution in [0.25, 0.3) is 0 Å². The molecule has 0 amide bonds. The van der Waals surface area contributed by atoms with Crippen LogP contribution in [-0.4, -0.2) is 47.8 Å². The van der Waals surface area contributed by atoms with E-state index in [0.717, 1.165) is 38.8 Å². The molecule has 1 saturated heterocycles. The number of piperidine rings is 1. The van der Waals surface area contributed by atoms with Gasteiger partial charge in [0.05, 0.1) is 12.7 Å². The Balaban J connectivity index is 2.51. The number of esters is 1. The minimum absolute atomic E-state index is 0.110. The number of ether oxygens (including phenoxy) is 1. The normalized spacial score (nSPS) is 20.7. The zero-order valence-corrected chi connectivity index (χ0v) is 10.3. The van der Waals surface area contributed by atoms with Crippen LogP contribution < -0.4 is 0 Å². The van der Waals surface area contributed by atoms with Crippen LogP contribution in [0.5, 0.6) is 0 Å². The lowest BCUT2D eigenvalue weighted by Crippen LogP contribution is -2.47. The highest BCUT2D eigenvalue weighted by Gasteiger charge is 2.29. The fourth-order valence-corrected chi connectivity index (χ4v) is 2.16. The van der Waals surface area contributed by atoms with E-state index >= 15 is 0 Å². The number of aliphatic hydroxyl groups is 1. The lowest BCUT2D eigenvalue weighted by Gasteiger charge is -2.34. The molecule has 0 radical (unpaired) electrons. The van der Waals surface area contributed by atoms with Crippen LogP contribution in [0.15, 0.2) is 0 Å². The van der Waals surface area contributed by atoms with Crippen molar-refractivity contribution < 1.29 is 14.6 Å². The van der Waals surface area contributed by atoms with Crippen LogP contribution in [0, 0.1) is 0 Å². The number of rotatable bonds is 5. The van der Waals surface area contributed by atoms with E-state index in [1.165, 1.54) is 0 Å². The first-order valence-corrected chi connectivity index (χ1v) is 6.27. The highest BCUT2D eigenvalue weighted by atomic mass is 16.5. The predicted molar refractivity (Wildman–Crippen MR) is 62.1 cm³/mol. The highest BCUT2D eigenvalue weighted by Crippen LogP contribution is 2.17. The van der Waals surface area contributed by atoms with E-state index in [2.05, 4.69) is 11.8 Å². The number of hydrogen-bond donors (Lipinski definition) is 1. The van der Waals surface area contributed by atoms with Gasteiger partial charge in [-0.05, 0) is 26.2 Å². The van der Waals surface area contributed by atoms with Gasteiger partial charge in [0, 0.05) is 13.1 Å². The quantitative estimate of drug-likeness (QED) is 0.719.